The third kappa shape index (κ3) is 3.33. The molecule has 1 aliphatic heterocycles. The molecular weight excluding hydrogens is 306 g/mol. The van der Waals surface area contributed by atoms with Crippen LogP contribution in [0.2, 0.25) is 0 Å². The quantitative estimate of drug-likeness (QED) is 0.759. The van der Waals surface area contributed by atoms with Gasteiger partial charge in [-0.1, -0.05) is 25.1 Å². The van der Waals surface area contributed by atoms with Gasteiger partial charge in [-0.3, -0.25) is 9.59 Å². The number of anilines is 1. The number of nitrogens with zero attached hydrogens (tertiary/aromatic N) is 1. The largest absolute Gasteiger partial charge is 0.459 e. The van der Waals surface area contributed by atoms with E-state index in [0.717, 1.165) is 17.8 Å². The molecule has 0 aliphatic carbocycles. The van der Waals surface area contributed by atoms with Gasteiger partial charge in [-0.25, -0.2) is 0 Å². The predicted octanol–water partition coefficient (Wildman–Crippen LogP) is 1.71. The van der Waals surface area contributed by atoms with E-state index in [-0.39, 0.29) is 17.6 Å². The molecule has 6 nitrogen and oxygen atoms in total. The van der Waals surface area contributed by atoms with Crippen LogP contribution < -0.4 is 15.5 Å². The number of hydrogen-bond donors (Lipinski definition) is 2. The number of carbonyl (C=O) groups excluding carboxylic acids is 2. The molecular formula is C18H21N3O3. The van der Waals surface area contributed by atoms with Crippen molar-refractivity contribution in [3.63, 3.8) is 0 Å². The van der Waals surface area contributed by atoms with Crippen molar-refractivity contribution in [3.8, 4) is 0 Å². The lowest BCUT2D eigenvalue weighted by Gasteiger charge is -2.17. The summed E-state index contributed by atoms with van der Waals surface area (Å²) < 4.78 is 5.35. The maximum absolute atomic E-state index is 12.3. The molecule has 0 saturated heterocycles. The lowest BCUT2D eigenvalue weighted by atomic mass is 10.1. The molecule has 126 valence electrons. The monoisotopic (exact) mass is 327 g/mol. The molecule has 0 saturated carbocycles. The van der Waals surface area contributed by atoms with Crippen molar-refractivity contribution < 1.29 is 14.0 Å². The van der Waals surface area contributed by atoms with Gasteiger partial charge in [0.2, 0.25) is 5.91 Å². The maximum atomic E-state index is 12.3. The molecule has 2 amide bonds. The molecule has 2 aromatic rings. The van der Waals surface area contributed by atoms with Crippen molar-refractivity contribution in [1.82, 2.24) is 10.6 Å². The van der Waals surface area contributed by atoms with Gasteiger partial charge >= 0.3 is 0 Å². The normalized spacial score (nSPS) is 13.2. The lowest BCUT2D eigenvalue weighted by Crippen LogP contribution is -2.32. The van der Waals surface area contributed by atoms with Crippen LogP contribution in [0, 0.1) is 0 Å². The van der Waals surface area contributed by atoms with E-state index in [9.17, 15) is 9.59 Å². The first-order valence-electron chi connectivity index (χ1n) is 8.14. The zero-order valence-electron chi connectivity index (χ0n) is 13.7. The molecule has 6 heteroatoms. The van der Waals surface area contributed by atoms with Crippen molar-refractivity contribution >= 4 is 17.5 Å². The Morgan fingerprint density at radius 2 is 2.08 bits per heavy atom. The summed E-state index contributed by atoms with van der Waals surface area (Å²) in [6.07, 6.45) is 1.89. The second-order valence-corrected chi connectivity index (χ2v) is 5.67. The number of rotatable bonds is 7. The Hall–Kier alpha value is -2.60. The first kappa shape index (κ1) is 16.3. The van der Waals surface area contributed by atoms with E-state index in [2.05, 4.69) is 10.6 Å². The Kier molecular flexibility index (Phi) is 4.96. The van der Waals surface area contributed by atoms with E-state index in [1.54, 1.807) is 11.0 Å². The molecule has 0 atom stereocenters. The number of benzene rings is 1. The molecule has 1 aliphatic rings. The van der Waals surface area contributed by atoms with Gasteiger partial charge < -0.3 is 20.0 Å². The Morgan fingerprint density at radius 3 is 2.92 bits per heavy atom. The average molecular weight is 327 g/mol. The van der Waals surface area contributed by atoms with Gasteiger partial charge in [-0.15, -0.1) is 0 Å². The second kappa shape index (κ2) is 7.31. The fourth-order valence-corrected chi connectivity index (χ4v) is 2.84. The summed E-state index contributed by atoms with van der Waals surface area (Å²) in [5.41, 5.74) is 2.63. The number of likely N-dealkylation sites (N-methyl/N-ethyl adjacent to an activating group) is 1. The molecule has 0 unspecified atom stereocenters. The van der Waals surface area contributed by atoms with Crippen LogP contribution in [0.5, 0.6) is 0 Å². The zero-order chi connectivity index (χ0) is 16.9. The highest BCUT2D eigenvalue weighted by atomic mass is 16.3. The maximum Gasteiger partial charge on any atom is 0.287 e. The molecule has 1 aromatic carbocycles. The number of para-hydroxylation sites is 1. The zero-order valence-corrected chi connectivity index (χ0v) is 13.7. The summed E-state index contributed by atoms with van der Waals surface area (Å²) in [5, 5.41) is 5.96. The highest BCUT2D eigenvalue weighted by Crippen LogP contribution is 2.30. The number of furan rings is 1. The van der Waals surface area contributed by atoms with Crippen LogP contribution in [0.4, 0.5) is 5.69 Å². The van der Waals surface area contributed by atoms with E-state index < -0.39 is 0 Å². The van der Waals surface area contributed by atoms with E-state index in [1.807, 2.05) is 31.2 Å². The molecule has 1 aromatic heterocycles. The van der Waals surface area contributed by atoms with E-state index in [0.29, 0.717) is 31.6 Å². The Bertz CT molecular complexity index is 739. The smallest absolute Gasteiger partial charge is 0.287 e. The number of carbonyl (C=O) groups is 2. The van der Waals surface area contributed by atoms with Crippen LogP contribution in [-0.2, 0) is 17.8 Å². The minimum atomic E-state index is -0.257. The molecule has 0 spiro atoms. The van der Waals surface area contributed by atoms with Gasteiger partial charge in [-0.2, -0.15) is 0 Å². The number of fused-ring (bicyclic) bond motifs is 1. The first-order valence-corrected chi connectivity index (χ1v) is 8.14. The minimum Gasteiger partial charge on any atom is -0.459 e. The fraction of sp³-hybridized carbons (Fsp3) is 0.333. The van der Waals surface area contributed by atoms with Crippen LogP contribution in [0.15, 0.2) is 41.0 Å². The fourth-order valence-electron chi connectivity index (χ4n) is 2.84. The summed E-state index contributed by atoms with van der Waals surface area (Å²) in [6.45, 7) is 4.44. The van der Waals surface area contributed by atoms with Crippen LogP contribution in [0.1, 0.15) is 28.6 Å². The number of amides is 2. The van der Waals surface area contributed by atoms with Crippen LogP contribution >= 0.6 is 0 Å². The number of nitrogens with one attached hydrogen (secondary N) is 2. The summed E-state index contributed by atoms with van der Waals surface area (Å²) >= 11 is 0. The van der Waals surface area contributed by atoms with Crippen LogP contribution in [-0.4, -0.2) is 31.4 Å². The van der Waals surface area contributed by atoms with Gasteiger partial charge in [-0.05, 0) is 24.2 Å². The van der Waals surface area contributed by atoms with Gasteiger partial charge in [0.1, 0.15) is 0 Å². The lowest BCUT2D eigenvalue weighted by molar-refractivity contribution is -0.117. The molecule has 0 bridgehead atoms. The Labute approximate surface area is 140 Å². The van der Waals surface area contributed by atoms with E-state index >= 15 is 0 Å². The topological polar surface area (TPSA) is 74.6 Å². The molecule has 2 N–H and O–H groups in total. The molecule has 3 rings (SSSR count). The Balaban J connectivity index is 1.70. The highest BCUT2D eigenvalue weighted by molar-refractivity contribution is 6.01. The SMILES string of the molecule is CCNCCNC(=O)c1occc1CN1C(=O)Cc2ccccc21. The summed E-state index contributed by atoms with van der Waals surface area (Å²) in [7, 11) is 0. The van der Waals surface area contributed by atoms with E-state index in [4.69, 9.17) is 4.42 Å². The van der Waals surface area contributed by atoms with E-state index in [1.165, 1.54) is 6.26 Å². The third-order valence-electron chi connectivity index (χ3n) is 4.04. The number of hydrogen-bond acceptors (Lipinski definition) is 4. The second-order valence-electron chi connectivity index (χ2n) is 5.67. The van der Waals surface area contributed by atoms with Crippen molar-refractivity contribution in [2.24, 2.45) is 0 Å². The average Bonchev–Trinajstić information content (AvgIpc) is 3.17. The van der Waals surface area contributed by atoms with Crippen molar-refractivity contribution in [1.29, 1.82) is 0 Å². The Morgan fingerprint density at radius 1 is 1.25 bits per heavy atom. The van der Waals surface area contributed by atoms with Crippen molar-refractivity contribution in [3.05, 3.63) is 53.5 Å². The summed E-state index contributed by atoms with van der Waals surface area (Å²) in [6, 6.07) is 9.46. The molecule has 2 heterocycles. The van der Waals surface area contributed by atoms with Gasteiger partial charge in [0.05, 0.1) is 19.2 Å². The van der Waals surface area contributed by atoms with Crippen LogP contribution in [0.3, 0.4) is 0 Å². The van der Waals surface area contributed by atoms with Crippen molar-refractivity contribution in [2.75, 3.05) is 24.5 Å². The molecule has 24 heavy (non-hydrogen) atoms. The molecule has 0 fully saturated rings. The van der Waals surface area contributed by atoms with Gasteiger partial charge in [0.15, 0.2) is 5.76 Å². The standard InChI is InChI=1S/C18H21N3O3/c1-2-19-8-9-20-18(23)17-14(7-10-24-17)12-21-15-6-4-3-5-13(15)11-16(21)22/h3-7,10,19H,2,8-9,11-12H2,1H3,(H,20,23). The third-order valence-corrected chi connectivity index (χ3v) is 4.04. The van der Waals surface area contributed by atoms with Crippen LogP contribution in [0.25, 0.3) is 0 Å². The first-order chi connectivity index (χ1) is 11.7. The minimum absolute atomic E-state index is 0.0379. The predicted molar refractivity (Wildman–Crippen MR) is 90.9 cm³/mol. The van der Waals surface area contributed by atoms with Gasteiger partial charge in [0.25, 0.3) is 5.91 Å². The molecule has 0 radical (unpaired) electrons. The highest BCUT2D eigenvalue weighted by Gasteiger charge is 2.28. The summed E-state index contributed by atoms with van der Waals surface area (Å²) in [5.74, 6) is 0.0485. The van der Waals surface area contributed by atoms with Gasteiger partial charge in [0, 0.05) is 24.3 Å². The summed E-state index contributed by atoms with van der Waals surface area (Å²) in [4.78, 5) is 26.2. The van der Waals surface area contributed by atoms with Crippen molar-refractivity contribution in [2.45, 2.75) is 19.9 Å².